The molecular formula is C36H76O4Si. The van der Waals surface area contributed by atoms with Crippen LogP contribution < -0.4 is 0 Å². The monoisotopic (exact) mass is 601 g/mol. The lowest BCUT2D eigenvalue weighted by Gasteiger charge is -2.31. The average Bonchev–Trinajstić information content (AvgIpc) is 2.98. The summed E-state index contributed by atoms with van der Waals surface area (Å²) in [6.07, 6.45) is 33.2. The van der Waals surface area contributed by atoms with Gasteiger partial charge < -0.3 is 18.3 Å². The van der Waals surface area contributed by atoms with Gasteiger partial charge in [-0.05, 0) is 25.9 Å². The van der Waals surface area contributed by atoms with Crippen molar-refractivity contribution >= 4 is 8.56 Å². The second kappa shape index (κ2) is 34.5. The second-order valence-corrected chi connectivity index (χ2v) is 15.7. The molecule has 0 heterocycles. The largest absolute Gasteiger partial charge is 0.392 e. The Kier molecular flexibility index (Phi) is 34.6. The zero-order chi connectivity index (χ0) is 30.0. The van der Waals surface area contributed by atoms with Crippen LogP contribution in [-0.4, -0.2) is 48.2 Å². The Hall–Kier alpha value is 0.0569. The first kappa shape index (κ1) is 41.1. The van der Waals surface area contributed by atoms with Gasteiger partial charge in [-0.2, -0.15) is 0 Å². The van der Waals surface area contributed by atoms with Gasteiger partial charge >= 0.3 is 8.56 Å². The Bertz CT molecular complexity index is 434. The smallest absolute Gasteiger partial charge is 0.338 e. The maximum absolute atomic E-state index is 6.65. The third-order valence-corrected chi connectivity index (χ3v) is 12.1. The SMILES string of the molecule is CCCCCCCCCCCCCC[Si](CCCCCCCCCCCCCC)(OCCOCC)OCCOCC. The lowest BCUT2D eigenvalue weighted by atomic mass is 10.1. The summed E-state index contributed by atoms with van der Waals surface area (Å²) in [5, 5.41) is 0. The van der Waals surface area contributed by atoms with E-state index < -0.39 is 8.56 Å². The average molecular weight is 601 g/mol. The highest BCUT2D eigenvalue weighted by Gasteiger charge is 2.36. The first-order valence-electron chi connectivity index (χ1n) is 18.7. The highest BCUT2D eigenvalue weighted by atomic mass is 28.4. The van der Waals surface area contributed by atoms with Crippen LogP contribution >= 0.6 is 0 Å². The highest BCUT2D eigenvalue weighted by Crippen LogP contribution is 2.27. The molecule has 0 unspecified atom stereocenters. The van der Waals surface area contributed by atoms with E-state index in [-0.39, 0.29) is 0 Å². The molecule has 0 atom stereocenters. The van der Waals surface area contributed by atoms with Gasteiger partial charge in [-0.1, -0.05) is 168 Å². The third-order valence-electron chi connectivity index (χ3n) is 8.42. The van der Waals surface area contributed by atoms with Crippen LogP contribution in [0.4, 0.5) is 0 Å². The highest BCUT2D eigenvalue weighted by molar-refractivity contribution is 6.67. The van der Waals surface area contributed by atoms with Gasteiger partial charge in [0.2, 0.25) is 0 Å². The van der Waals surface area contributed by atoms with Gasteiger partial charge in [-0.25, -0.2) is 0 Å². The maximum atomic E-state index is 6.65. The Morgan fingerprint density at radius 1 is 0.317 bits per heavy atom. The summed E-state index contributed by atoms with van der Waals surface area (Å²) in [5.41, 5.74) is 0. The molecule has 0 fully saturated rings. The molecule has 0 aromatic rings. The predicted octanol–water partition coefficient (Wildman–Crippen LogP) is 11.9. The molecule has 41 heavy (non-hydrogen) atoms. The van der Waals surface area contributed by atoms with E-state index in [0.717, 1.165) is 25.3 Å². The summed E-state index contributed by atoms with van der Waals surface area (Å²) in [5.74, 6) is 0. The molecule has 0 spiro atoms. The van der Waals surface area contributed by atoms with Crippen LogP contribution in [0.1, 0.15) is 182 Å². The van der Waals surface area contributed by atoms with Crippen molar-refractivity contribution in [3.05, 3.63) is 0 Å². The standard InChI is InChI=1S/C36H76O4Si/c1-5-9-11-13-15-17-19-21-23-25-27-29-35-41(39-33-31-37-7-3,40-34-32-38-8-4)36-30-28-26-24-22-20-18-16-14-12-10-6-2/h5-36H2,1-4H3. The van der Waals surface area contributed by atoms with Crippen molar-refractivity contribution in [3.8, 4) is 0 Å². The van der Waals surface area contributed by atoms with Crippen LogP contribution in [0.25, 0.3) is 0 Å². The van der Waals surface area contributed by atoms with Crippen LogP contribution in [0.3, 0.4) is 0 Å². The first-order chi connectivity index (χ1) is 20.2. The van der Waals surface area contributed by atoms with Gasteiger partial charge in [0.15, 0.2) is 0 Å². The molecule has 0 aromatic heterocycles. The van der Waals surface area contributed by atoms with Crippen molar-refractivity contribution in [1.29, 1.82) is 0 Å². The molecule has 248 valence electrons. The Morgan fingerprint density at radius 2 is 0.585 bits per heavy atom. The van der Waals surface area contributed by atoms with Crippen molar-refractivity contribution in [2.45, 2.75) is 194 Å². The fourth-order valence-corrected chi connectivity index (χ4v) is 9.19. The molecule has 0 saturated carbocycles. The molecule has 0 aliphatic heterocycles. The van der Waals surface area contributed by atoms with E-state index in [2.05, 4.69) is 27.7 Å². The van der Waals surface area contributed by atoms with E-state index in [0.29, 0.717) is 26.4 Å². The minimum Gasteiger partial charge on any atom is -0.392 e. The summed E-state index contributed by atoms with van der Waals surface area (Å²) in [6.45, 7) is 12.9. The van der Waals surface area contributed by atoms with Crippen LogP contribution in [0.15, 0.2) is 0 Å². The second-order valence-electron chi connectivity index (χ2n) is 12.3. The fourth-order valence-electron chi connectivity index (χ4n) is 5.79. The molecule has 0 bridgehead atoms. The summed E-state index contributed by atoms with van der Waals surface area (Å²) < 4.78 is 24.5. The van der Waals surface area contributed by atoms with E-state index in [1.165, 1.54) is 154 Å². The van der Waals surface area contributed by atoms with Crippen molar-refractivity contribution in [2.24, 2.45) is 0 Å². The van der Waals surface area contributed by atoms with Gasteiger partial charge in [-0.15, -0.1) is 0 Å². The number of hydrogen-bond donors (Lipinski definition) is 0. The van der Waals surface area contributed by atoms with Gasteiger partial charge in [-0.3, -0.25) is 0 Å². The van der Waals surface area contributed by atoms with Crippen molar-refractivity contribution in [3.63, 3.8) is 0 Å². The molecular weight excluding hydrogens is 524 g/mol. The van der Waals surface area contributed by atoms with E-state index >= 15 is 0 Å². The molecule has 0 aromatic carbocycles. The molecule has 0 aliphatic carbocycles. The number of ether oxygens (including phenoxy) is 2. The van der Waals surface area contributed by atoms with Gasteiger partial charge in [0, 0.05) is 13.2 Å². The zero-order valence-electron chi connectivity index (χ0n) is 28.8. The lowest BCUT2D eigenvalue weighted by molar-refractivity contribution is 0.0636. The summed E-state index contributed by atoms with van der Waals surface area (Å²) in [4.78, 5) is 0. The molecule has 0 N–H and O–H groups in total. The lowest BCUT2D eigenvalue weighted by Crippen LogP contribution is -2.44. The molecule has 0 aliphatic rings. The van der Waals surface area contributed by atoms with Gasteiger partial charge in [0.05, 0.1) is 26.4 Å². The predicted molar refractivity (Wildman–Crippen MR) is 182 cm³/mol. The zero-order valence-corrected chi connectivity index (χ0v) is 29.8. The van der Waals surface area contributed by atoms with Crippen LogP contribution in [0, 0.1) is 0 Å². The molecule has 0 saturated heterocycles. The summed E-state index contributed by atoms with van der Waals surface area (Å²) in [6, 6.07) is 2.25. The van der Waals surface area contributed by atoms with E-state index in [9.17, 15) is 0 Å². The minimum absolute atomic E-state index is 0.672. The Balaban J connectivity index is 4.41. The van der Waals surface area contributed by atoms with Crippen LogP contribution in [0.5, 0.6) is 0 Å². The third kappa shape index (κ3) is 29.9. The molecule has 0 radical (unpaired) electrons. The van der Waals surface area contributed by atoms with Crippen molar-refractivity contribution in [2.75, 3.05) is 39.6 Å². The van der Waals surface area contributed by atoms with E-state index in [1.807, 2.05) is 0 Å². The summed E-state index contributed by atoms with van der Waals surface area (Å²) >= 11 is 0. The van der Waals surface area contributed by atoms with Gasteiger partial charge in [0.1, 0.15) is 0 Å². The Labute approximate surface area is 260 Å². The molecule has 5 heteroatoms. The van der Waals surface area contributed by atoms with E-state index in [1.54, 1.807) is 0 Å². The first-order valence-corrected chi connectivity index (χ1v) is 20.9. The van der Waals surface area contributed by atoms with Crippen LogP contribution in [-0.2, 0) is 18.3 Å². The molecule has 0 rings (SSSR count). The van der Waals surface area contributed by atoms with Gasteiger partial charge in [0.25, 0.3) is 0 Å². The minimum atomic E-state index is -2.25. The quantitative estimate of drug-likeness (QED) is 0.0529. The normalized spacial score (nSPS) is 12.0. The topological polar surface area (TPSA) is 36.9 Å². The van der Waals surface area contributed by atoms with E-state index in [4.69, 9.17) is 18.3 Å². The number of unbranched alkanes of at least 4 members (excludes halogenated alkanes) is 22. The van der Waals surface area contributed by atoms with Crippen molar-refractivity contribution in [1.82, 2.24) is 0 Å². The Morgan fingerprint density at radius 3 is 0.854 bits per heavy atom. The van der Waals surface area contributed by atoms with Crippen LogP contribution in [0.2, 0.25) is 12.1 Å². The fraction of sp³-hybridized carbons (Fsp3) is 1.00. The van der Waals surface area contributed by atoms with Crippen molar-refractivity contribution < 1.29 is 18.3 Å². The summed E-state index contributed by atoms with van der Waals surface area (Å²) in [7, 11) is -2.25. The number of rotatable bonds is 36. The maximum Gasteiger partial charge on any atom is 0.338 e. The molecule has 4 nitrogen and oxygen atoms in total. The number of hydrogen-bond acceptors (Lipinski definition) is 4. The molecule has 0 amide bonds.